The Balaban J connectivity index is 1.89. The van der Waals surface area contributed by atoms with Crippen molar-refractivity contribution >= 4 is 23.2 Å². The molecule has 0 aliphatic rings. The molecule has 1 aromatic carbocycles. The maximum absolute atomic E-state index is 14.0. The van der Waals surface area contributed by atoms with Crippen LogP contribution in [0.15, 0.2) is 24.4 Å². The zero-order valence-corrected chi connectivity index (χ0v) is 15.7. The number of hydrogen-bond acceptors (Lipinski definition) is 3. The predicted octanol–water partition coefficient (Wildman–Crippen LogP) is 3.63. The standard InChI is InChI=1S/C18H19ClFN5O/c1-10-17(22-18(26)13-8-21-24(4)11(13)2)12(3)25(23-10)9-14-15(19)6-5-7-16(14)20/h5-8H,9H2,1-4H3,(H,22,26). The number of aromatic nitrogens is 4. The smallest absolute Gasteiger partial charge is 0.259 e. The summed E-state index contributed by atoms with van der Waals surface area (Å²) in [4.78, 5) is 12.5. The lowest BCUT2D eigenvalue weighted by Crippen LogP contribution is -2.14. The van der Waals surface area contributed by atoms with Crippen molar-refractivity contribution in [3.63, 3.8) is 0 Å². The quantitative estimate of drug-likeness (QED) is 0.757. The second kappa shape index (κ2) is 6.92. The molecule has 26 heavy (non-hydrogen) atoms. The van der Waals surface area contributed by atoms with Crippen LogP contribution in [0.25, 0.3) is 0 Å². The average molecular weight is 376 g/mol. The van der Waals surface area contributed by atoms with Crippen molar-refractivity contribution in [2.24, 2.45) is 7.05 Å². The van der Waals surface area contributed by atoms with Crippen LogP contribution in [0.5, 0.6) is 0 Å². The molecule has 0 atom stereocenters. The van der Waals surface area contributed by atoms with E-state index in [0.717, 1.165) is 11.4 Å². The summed E-state index contributed by atoms with van der Waals surface area (Å²) in [6.45, 7) is 5.61. The SMILES string of the molecule is Cc1nn(Cc2c(F)cccc2Cl)c(C)c1NC(=O)c1cnn(C)c1C. The van der Waals surface area contributed by atoms with E-state index in [9.17, 15) is 9.18 Å². The maximum Gasteiger partial charge on any atom is 0.259 e. The van der Waals surface area contributed by atoms with Gasteiger partial charge in [-0.3, -0.25) is 14.2 Å². The van der Waals surface area contributed by atoms with Gasteiger partial charge in [0.05, 0.1) is 35.4 Å². The number of aryl methyl sites for hydroxylation is 2. The third-order valence-electron chi connectivity index (χ3n) is 4.47. The highest BCUT2D eigenvalue weighted by atomic mass is 35.5. The zero-order chi connectivity index (χ0) is 19.0. The molecule has 2 aromatic heterocycles. The first-order chi connectivity index (χ1) is 12.3. The van der Waals surface area contributed by atoms with Crippen molar-refractivity contribution in [2.45, 2.75) is 27.3 Å². The number of rotatable bonds is 4. The Kier molecular flexibility index (Phi) is 4.82. The molecular weight excluding hydrogens is 357 g/mol. The van der Waals surface area contributed by atoms with Gasteiger partial charge in [0.1, 0.15) is 5.82 Å². The van der Waals surface area contributed by atoms with E-state index < -0.39 is 0 Å². The van der Waals surface area contributed by atoms with Crippen LogP contribution >= 0.6 is 11.6 Å². The first kappa shape index (κ1) is 18.1. The Morgan fingerprint density at radius 3 is 2.62 bits per heavy atom. The van der Waals surface area contributed by atoms with E-state index >= 15 is 0 Å². The Bertz CT molecular complexity index is 972. The second-order valence-electron chi connectivity index (χ2n) is 6.13. The van der Waals surface area contributed by atoms with E-state index in [1.54, 1.807) is 35.5 Å². The van der Waals surface area contributed by atoms with Crippen molar-refractivity contribution in [1.82, 2.24) is 19.6 Å². The van der Waals surface area contributed by atoms with E-state index in [4.69, 9.17) is 11.6 Å². The highest BCUT2D eigenvalue weighted by Gasteiger charge is 2.19. The number of benzene rings is 1. The minimum Gasteiger partial charge on any atom is -0.319 e. The minimum absolute atomic E-state index is 0.181. The Morgan fingerprint density at radius 1 is 1.27 bits per heavy atom. The monoisotopic (exact) mass is 375 g/mol. The van der Waals surface area contributed by atoms with Crippen molar-refractivity contribution in [1.29, 1.82) is 0 Å². The molecule has 0 radical (unpaired) electrons. The maximum atomic E-state index is 14.0. The highest BCUT2D eigenvalue weighted by molar-refractivity contribution is 6.31. The van der Waals surface area contributed by atoms with Gasteiger partial charge in [-0.2, -0.15) is 10.2 Å². The molecular formula is C18H19ClFN5O. The third kappa shape index (κ3) is 3.22. The third-order valence-corrected chi connectivity index (χ3v) is 4.82. The van der Waals surface area contributed by atoms with E-state index in [1.807, 2.05) is 13.8 Å². The van der Waals surface area contributed by atoms with Gasteiger partial charge in [0.2, 0.25) is 0 Å². The molecule has 136 valence electrons. The summed E-state index contributed by atoms with van der Waals surface area (Å²) in [5.41, 5.74) is 3.59. The van der Waals surface area contributed by atoms with Crippen LogP contribution in [0.3, 0.4) is 0 Å². The summed E-state index contributed by atoms with van der Waals surface area (Å²) in [5, 5.41) is 11.7. The first-order valence-corrected chi connectivity index (χ1v) is 8.44. The Hall–Kier alpha value is -2.67. The van der Waals surface area contributed by atoms with Crippen molar-refractivity contribution in [3.8, 4) is 0 Å². The Labute approximate surface area is 155 Å². The fraction of sp³-hybridized carbons (Fsp3) is 0.278. The van der Waals surface area contributed by atoms with Gasteiger partial charge in [0.15, 0.2) is 0 Å². The van der Waals surface area contributed by atoms with Crippen LogP contribution in [-0.2, 0) is 13.6 Å². The fourth-order valence-electron chi connectivity index (χ4n) is 2.77. The molecule has 6 nitrogen and oxygen atoms in total. The molecule has 0 saturated carbocycles. The number of nitrogens with one attached hydrogen (secondary N) is 1. The Morgan fingerprint density at radius 2 is 2.00 bits per heavy atom. The van der Waals surface area contributed by atoms with Crippen LogP contribution in [0, 0.1) is 26.6 Å². The molecule has 2 heterocycles. The van der Waals surface area contributed by atoms with Gasteiger partial charge in [-0.15, -0.1) is 0 Å². The molecule has 0 bridgehead atoms. The van der Waals surface area contributed by atoms with Gasteiger partial charge in [0.25, 0.3) is 5.91 Å². The summed E-state index contributed by atoms with van der Waals surface area (Å²) in [7, 11) is 1.78. The first-order valence-electron chi connectivity index (χ1n) is 8.06. The van der Waals surface area contributed by atoms with E-state index in [-0.39, 0.29) is 18.3 Å². The summed E-state index contributed by atoms with van der Waals surface area (Å²) in [6.07, 6.45) is 1.53. The summed E-state index contributed by atoms with van der Waals surface area (Å²) < 4.78 is 17.3. The predicted molar refractivity (Wildman–Crippen MR) is 98.1 cm³/mol. The lowest BCUT2D eigenvalue weighted by molar-refractivity contribution is 0.102. The summed E-state index contributed by atoms with van der Waals surface area (Å²) in [5.74, 6) is -0.646. The highest BCUT2D eigenvalue weighted by Crippen LogP contribution is 2.25. The van der Waals surface area contributed by atoms with E-state index in [0.29, 0.717) is 27.5 Å². The normalized spacial score (nSPS) is 11.0. The number of halogens is 2. The molecule has 0 spiro atoms. The molecule has 0 fully saturated rings. The fourth-order valence-corrected chi connectivity index (χ4v) is 2.99. The summed E-state index contributed by atoms with van der Waals surface area (Å²) in [6, 6.07) is 4.56. The largest absolute Gasteiger partial charge is 0.319 e. The molecule has 0 unspecified atom stereocenters. The molecule has 1 N–H and O–H groups in total. The van der Waals surface area contributed by atoms with Gasteiger partial charge in [0, 0.05) is 23.3 Å². The van der Waals surface area contributed by atoms with Gasteiger partial charge >= 0.3 is 0 Å². The lowest BCUT2D eigenvalue weighted by atomic mass is 10.2. The van der Waals surface area contributed by atoms with Gasteiger partial charge in [-0.1, -0.05) is 17.7 Å². The van der Waals surface area contributed by atoms with Crippen LogP contribution in [0.4, 0.5) is 10.1 Å². The second-order valence-corrected chi connectivity index (χ2v) is 6.53. The number of carbonyl (C=O) groups excluding carboxylic acids is 1. The lowest BCUT2D eigenvalue weighted by Gasteiger charge is -2.09. The molecule has 1 amide bonds. The van der Waals surface area contributed by atoms with Gasteiger partial charge in [-0.05, 0) is 32.9 Å². The van der Waals surface area contributed by atoms with Crippen molar-refractivity contribution < 1.29 is 9.18 Å². The van der Waals surface area contributed by atoms with Gasteiger partial charge in [-0.25, -0.2) is 4.39 Å². The number of anilines is 1. The topological polar surface area (TPSA) is 64.7 Å². The molecule has 0 aliphatic carbocycles. The van der Waals surface area contributed by atoms with Crippen LogP contribution < -0.4 is 5.32 Å². The van der Waals surface area contributed by atoms with Crippen LogP contribution in [-0.4, -0.2) is 25.5 Å². The summed E-state index contributed by atoms with van der Waals surface area (Å²) >= 11 is 6.10. The van der Waals surface area contributed by atoms with Crippen molar-refractivity contribution in [2.75, 3.05) is 5.32 Å². The van der Waals surface area contributed by atoms with Crippen molar-refractivity contribution in [3.05, 3.63) is 63.4 Å². The molecule has 3 aromatic rings. The number of amides is 1. The molecule has 0 saturated heterocycles. The zero-order valence-electron chi connectivity index (χ0n) is 15.0. The van der Waals surface area contributed by atoms with Crippen LogP contribution in [0.2, 0.25) is 5.02 Å². The average Bonchev–Trinajstić information content (AvgIpc) is 3.05. The minimum atomic E-state index is -0.387. The van der Waals surface area contributed by atoms with E-state index in [2.05, 4.69) is 15.5 Å². The van der Waals surface area contributed by atoms with Gasteiger partial charge < -0.3 is 5.32 Å². The van der Waals surface area contributed by atoms with Crippen LogP contribution in [0.1, 0.15) is 33.0 Å². The number of hydrogen-bond donors (Lipinski definition) is 1. The molecule has 8 heteroatoms. The molecule has 3 rings (SSSR count). The molecule has 0 aliphatic heterocycles. The number of nitrogens with zero attached hydrogens (tertiary/aromatic N) is 4. The van der Waals surface area contributed by atoms with E-state index in [1.165, 1.54) is 12.3 Å². The number of carbonyl (C=O) groups is 1.